The van der Waals surface area contributed by atoms with Crippen molar-refractivity contribution in [1.82, 2.24) is 5.32 Å². The first kappa shape index (κ1) is 14.8. The van der Waals surface area contributed by atoms with Gasteiger partial charge in [0.1, 0.15) is 0 Å². The molecule has 3 rings (SSSR count). The molecule has 1 saturated carbocycles. The largest absolute Gasteiger partial charge is 0.355 e. The Balaban J connectivity index is 2.08. The Kier molecular flexibility index (Phi) is 3.93. The number of amides is 1. The van der Waals surface area contributed by atoms with Crippen LogP contribution in [-0.4, -0.2) is 26.8 Å². The summed E-state index contributed by atoms with van der Waals surface area (Å²) < 4.78 is 12.2. The van der Waals surface area contributed by atoms with Crippen molar-refractivity contribution in [2.45, 2.75) is 28.4 Å². The van der Waals surface area contributed by atoms with Crippen molar-refractivity contribution in [3.05, 3.63) is 42.5 Å². The van der Waals surface area contributed by atoms with Crippen LogP contribution >= 0.6 is 11.6 Å². The molecule has 2 aliphatic carbocycles. The number of hydrogen-bond donors (Lipinski definition) is 1. The van der Waals surface area contributed by atoms with Gasteiger partial charge in [-0.2, -0.15) is 0 Å². The van der Waals surface area contributed by atoms with Gasteiger partial charge in [-0.15, -0.1) is 11.6 Å². The Hall–Kier alpha value is -1.13. The summed E-state index contributed by atoms with van der Waals surface area (Å²) in [6.07, 6.45) is 4.88. The third kappa shape index (κ3) is 2.08. The molecule has 3 nitrogen and oxygen atoms in total. The van der Waals surface area contributed by atoms with E-state index in [4.69, 9.17) is 11.6 Å². The molecule has 0 heterocycles. The molecule has 0 spiro atoms. The average molecular weight is 324 g/mol. The third-order valence-electron chi connectivity index (χ3n) is 4.41. The highest BCUT2D eigenvalue weighted by Gasteiger charge is 2.63. The van der Waals surface area contributed by atoms with Gasteiger partial charge < -0.3 is 5.32 Å². The molecule has 1 N–H and O–H groups in total. The summed E-state index contributed by atoms with van der Waals surface area (Å²) in [5, 5.41) is 2.41. The molecule has 1 aromatic rings. The molecule has 1 unspecified atom stereocenters. The van der Waals surface area contributed by atoms with E-state index in [1.54, 1.807) is 12.1 Å². The molecule has 5 atom stereocenters. The number of rotatable bonds is 4. The van der Waals surface area contributed by atoms with E-state index in [1.165, 1.54) is 0 Å². The van der Waals surface area contributed by atoms with Crippen LogP contribution in [0.2, 0.25) is 0 Å². The molecular weight excluding hydrogens is 306 g/mol. The number of hydrogen-bond acceptors (Lipinski definition) is 2. The lowest BCUT2D eigenvalue weighted by Crippen LogP contribution is -2.58. The summed E-state index contributed by atoms with van der Waals surface area (Å²) >= 11 is 6.60. The van der Waals surface area contributed by atoms with E-state index in [0.29, 0.717) is 11.4 Å². The van der Waals surface area contributed by atoms with E-state index in [1.807, 2.05) is 31.2 Å². The summed E-state index contributed by atoms with van der Waals surface area (Å²) in [4.78, 5) is 13.4. The summed E-state index contributed by atoms with van der Waals surface area (Å²) in [5.41, 5.74) is 0. The van der Waals surface area contributed by atoms with Crippen molar-refractivity contribution in [3.63, 3.8) is 0 Å². The van der Waals surface area contributed by atoms with Crippen LogP contribution < -0.4 is 5.32 Å². The normalized spacial score (nSPS) is 34.9. The van der Waals surface area contributed by atoms with Gasteiger partial charge in [0.05, 0.1) is 16.2 Å². The highest BCUT2D eigenvalue weighted by atomic mass is 35.5. The van der Waals surface area contributed by atoms with Gasteiger partial charge in [-0.05, 0) is 31.4 Å². The van der Waals surface area contributed by atoms with Gasteiger partial charge in [-0.3, -0.25) is 9.00 Å². The number of benzene rings is 1. The minimum absolute atomic E-state index is 0.0578. The quantitative estimate of drug-likeness (QED) is 0.683. The maximum atomic E-state index is 13.2. The second kappa shape index (κ2) is 5.58. The van der Waals surface area contributed by atoms with Crippen molar-refractivity contribution in [2.75, 3.05) is 6.54 Å². The lowest BCUT2D eigenvalue weighted by molar-refractivity contribution is -0.124. The van der Waals surface area contributed by atoms with Crippen LogP contribution in [0.25, 0.3) is 0 Å². The molecule has 0 saturated heterocycles. The molecule has 1 amide bonds. The fourth-order valence-electron chi connectivity index (χ4n) is 3.44. The van der Waals surface area contributed by atoms with E-state index >= 15 is 0 Å². The first-order valence-corrected chi connectivity index (χ1v) is 8.78. The van der Waals surface area contributed by atoms with Crippen molar-refractivity contribution >= 4 is 28.3 Å². The number of carbonyl (C=O) groups excluding carboxylic acids is 1. The highest BCUT2D eigenvalue weighted by Crippen LogP contribution is 2.53. The third-order valence-corrected chi connectivity index (χ3v) is 7.26. The average Bonchev–Trinajstić information content (AvgIpc) is 3.08. The van der Waals surface area contributed by atoms with E-state index in [-0.39, 0.29) is 17.7 Å². The van der Waals surface area contributed by atoms with Gasteiger partial charge in [0.15, 0.2) is 4.75 Å². The fraction of sp³-hybridized carbons (Fsp3) is 0.438. The first-order chi connectivity index (χ1) is 10.1. The minimum Gasteiger partial charge on any atom is -0.355 e. The molecule has 0 aromatic heterocycles. The van der Waals surface area contributed by atoms with E-state index in [0.717, 1.165) is 6.42 Å². The van der Waals surface area contributed by atoms with Crippen LogP contribution in [0.3, 0.4) is 0 Å². The number of allylic oxidation sites excluding steroid dienone is 2. The molecule has 112 valence electrons. The topological polar surface area (TPSA) is 46.2 Å². The van der Waals surface area contributed by atoms with E-state index < -0.39 is 20.9 Å². The molecule has 2 aliphatic rings. The Bertz CT molecular complexity index is 604. The Morgan fingerprint density at radius 1 is 1.38 bits per heavy atom. The van der Waals surface area contributed by atoms with E-state index in [9.17, 15) is 9.00 Å². The van der Waals surface area contributed by atoms with Crippen LogP contribution in [0.5, 0.6) is 0 Å². The molecule has 5 heteroatoms. The zero-order valence-electron chi connectivity index (χ0n) is 11.8. The molecule has 0 aliphatic heterocycles. The van der Waals surface area contributed by atoms with Gasteiger partial charge in [0.2, 0.25) is 5.91 Å². The predicted octanol–water partition coefficient (Wildman–Crippen LogP) is 2.48. The van der Waals surface area contributed by atoms with Gasteiger partial charge in [0.25, 0.3) is 0 Å². The van der Waals surface area contributed by atoms with Gasteiger partial charge in [0, 0.05) is 17.4 Å². The van der Waals surface area contributed by atoms with Crippen LogP contribution in [0.1, 0.15) is 13.3 Å². The summed E-state index contributed by atoms with van der Waals surface area (Å²) in [7, 11) is -1.47. The van der Waals surface area contributed by atoms with Crippen molar-refractivity contribution in [2.24, 2.45) is 11.8 Å². The molecule has 1 fully saturated rings. The maximum absolute atomic E-state index is 13.2. The lowest BCUT2D eigenvalue weighted by Gasteiger charge is -2.36. The number of halogens is 1. The molecular formula is C16H18ClNO2S. The van der Waals surface area contributed by atoms with E-state index in [2.05, 4.69) is 11.4 Å². The first-order valence-electron chi connectivity index (χ1n) is 7.20. The second-order valence-electron chi connectivity index (χ2n) is 5.53. The molecule has 1 aromatic carbocycles. The SMILES string of the molecule is CCNC(=O)[C@]1(S(=O)c2ccccc2)[C@@H]2C=C[C@@H](C2)[C@H]1Cl. The van der Waals surface area contributed by atoms with Gasteiger partial charge in [-0.25, -0.2) is 0 Å². The molecule has 0 radical (unpaired) electrons. The zero-order chi connectivity index (χ0) is 15.0. The summed E-state index contributed by atoms with van der Waals surface area (Å²) in [6, 6.07) is 9.15. The van der Waals surface area contributed by atoms with Crippen LogP contribution in [0.15, 0.2) is 47.4 Å². The van der Waals surface area contributed by atoms with Gasteiger partial charge >= 0.3 is 0 Å². The minimum atomic E-state index is -1.47. The maximum Gasteiger partial charge on any atom is 0.241 e. The Labute approximate surface area is 132 Å². The molecule has 2 bridgehead atoms. The highest BCUT2D eigenvalue weighted by molar-refractivity contribution is 7.87. The van der Waals surface area contributed by atoms with Crippen molar-refractivity contribution in [3.8, 4) is 0 Å². The number of carbonyl (C=O) groups is 1. The zero-order valence-corrected chi connectivity index (χ0v) is 13.4. The van der Waals surface area contributed by atoms with Gasteiger partial charge in [-0.1, -0.05) is 30.4 Å². The van der Waals surface area contributed by atoms with Crippen LogP contribution in [-0.2, 0) is 15.6 Å². The smallest absolute Gasteiger partial charge is 0.241 e. The predicted molar refractivity (Wildman–Crippen MR) is 84.6 cm³/mol. The second-order valence-corrected chi connectivity index (χ2v) is 7.68. The fourth-order valence-corrected chi connectivity index (χ4v) is 5.99. The number of nitrogens with one attached hydrogen (secondary N) is 1. The van der Waals surface area contributed by atoms with Crippen LogP contribution in [0.4, 0.5) is 0 Å². The standard InChI is InChI=1S/C16H18ClNO2S/c1-2-18-15(19)16(12-9-8-11(10-12)14(16)17)21(20)13-6-4-3-5-7-13/h3-9,11-12,14H,2,10H2,1H3,(H,18,19)/t11-,12+,14+,16-,21?/m0/s1. The Morgan fingerprint density at radius 3 is 2.67 bits per heavy atom. The Morgan fingerprint density at radius 2 is 2.10 bits per heavy atom. The van der Waals surface area contributed by atoms with Crippen molar-refractivity contribution < 1.29 is 9.00 Å². The summed E-state index contributed by atoms with van der Waals surface area (Å²) in [5.74, 6) is -0.117. The molecule has 21 heavy (non-hydrogen) atoms. The summed E-state index contributed by atoms with van der Waals surface area (Å²) in [6.45, 7) is 2.38. The van der Waals surface area contributed by atoms with Crippen LogP contribution in [0, 0.1) is 11.8 Å². The monoisotopic (exact) mass is 323 g/mol. The lowest BCUT2D eigenvalue weighted by atomic mass is 9.91. The van der Waals surface area contributed by atoms with Crippen molar-refractivity contribution in [1.29, 1.82) is 0 Å². The number of alkyl halides is 1. The number of fused-ring (bicyclic) bond motifs is 2.